The summed E-state index contributed by atoms with van der Waals surface area (Å²) in [6.07, 6.45) is 0. The van der Waals surface area contributed by atoms with Gasteiger partial charge in [0.2, 0.25) is 11.7 Å². The van der Waals surface area contributed by atoms with Gasteiger partial charge in [-0.1, -0.05) is 16.8 Å². The van der Waals surface area contributed by atoms with E-state index >= 15 is 0 Å². The van der Waals surface area contributed by atoms with Gasteiger partial charge < -0.3 is 14.6 Å². The van der Waals surface area contributed by atoms with Gasteiger partial charge in [0.25, 0.3) is 5.89 Å². The predicted molar refractivity (Wildman–Crippen MR) is 88.6 cm³/mol. The van der Waals surface area contributed by atoms with Crippen molar-refractivity contribution in [3.05, 3.63) is 40.7 Å². The number of carbonyl (C=O) groups excluding carboxylic acids is 1. The molecule has 0 saturated carbocycles. The molecule has 0 aliphatic rings. The number of aromatic nitrogens is 2. The summed E-state index contributed by atoms with van der Waals surface area (Å²) in [4.78, 5) is 16.7. The van der Waals surface area contributed by atoms with Crippen molar-refractivity contribution in [2.24, 2.45) is 0 Å². The first-order chi connectivity index (χ1) is 11.2. The normalized spacial score (nSPS) is 10.7. The SMILES string of the molecule is COCC(=O)Nc1ccsc1-c1nc(-c2ccc(Cl)cc2)no1. The predicted octanol–water partition coefficient (Wildman–Crippen LogP) is 3.70. The Balaban J connectivity index is 1.85. The molecule has 6 nitrogen and oxygen atoms in total. The van der Waals surface area contributed by atoms with E-state index in [-0.39, 0.29) is 12.5 Å². The minimum absolute atomic E-state index is 0.0187. The largest absolute Gasteiger partial charge is 0.375 e. The van der Waals surface area contributed by atoms with Crippen molar-refractivity contribution in [2.45, 2.75) is 0 Å². The number of anilines is 1. The van der Waals surface area contributed by atoms with E-state index in [0.717, 1.165) is 5.56 Å². The number of carbonyl (C=O) groups is 1. The number of thiophene rings is 1. The van der Waals surface area contributed by atoms with Crippen LogP contribution in [-0.4, -0.2) is 29.8 Å². The molecule has 0 saturated heterocycles. The third kappa shape index (κ3) is 3.58. The van der Waals surface area contributed by atoms with Gasteiger partial charge in [-0.25, -0.2) is 0 Å². The summed E-state index contributed by atoms with van der Waals surface area (Å²) in [5.41, 5.74) is 1.41. The molecule has 0 bridgehead atoms. The fourth-order valence-corrected chi connectivity index (χ4v) is 2.82. The van der Waals surface area contributed by atoms with Crippen LogP contribution in [0, 0.1) is 0 Å². The first-order valence-electron chi connectivity index (χ1n) is 6.63. The second-order valence-electron chi connectivity index (χ2n) is 4.57. The van der Waals surface area contributed by atoms with E-state index in [1.807, 2.05) is 17.5 Å². The van der Waals surface area contributed by atoms with Crippen molar-refractivity contribution in [1.82, 2.24) is 10.1 Å². The number of methoxy groups -OCH3 is 1. The van der Waals surface area contributed by atoms with Crippen LogP contribution >= 0.6 is 22.9 Å². The van der Waals surface area contributed by atoms with E-state index in [1.165, 1.54) is 18.4 Å². The second kappa shape index (κ2) is 6.91. The number of nitrogens with zero attached hydrogens (tertiary/aromatic N) is 2. The number of amides is 1. The fourth-order valence-electron chi connectivity index (χ4n) is 1.92. The van der Waals surface area contributed by atoms with Crippen molar-refractivity contribution in [2.75, 3.05) is 19.0 Å². The average molecular weight is 350 g/mol. The molecule has 0 aliphatic carbocycles. The van der Waals surface area contributed by atoms with Gasteiger partial charge in [0.1, 0.15) is 11.5 Å². The molecule has 3 aromatic rings. The number of hydrogen-bond donors (Lipinski definition) is 1. The highest BCUT2D eigenvalue weighted by molar-refractivity contribution is 7.14. The number of halogens is 1. The Morgan fingerprint density at radius 1 is 1.35 bits per heavy atom. The van der Waals surface area contributed by atoms with Crippen LogP contribution in [-0.2, 0) is 9.53 Å². The number of ether oxygens (including phenoxy) is 1. The maximum Gasteiger partial charge on any atom is 0.270 e. The van der Waals surface area contributed by atoms with Gasteiger partial charge in [-0.15, -0.1) is 11.3 Å². The summed E-state index contributed by atoms with van der Waals surface area (Å²) in [6.45, 7) is -0.0187. The van der Waals surface area contributed by atoms with Gasteiger partial charge in [0.15, 0.2) is 0 Å². The van der Waals surface area contributed by atoms with Crippen LogP contribution in [0.2, 0.25) is 5.02 Å². The highest BCUT2D eigenvalue weighted by atomic mass is 35.5. The second-order valence-corrected chi connectivity index (χ2v) is 5.93. The minimum atomic E-state index is -0.246. The molecule has 0 fully saturated rings. The van der Waals surface area contributed by atoms with Crippen molar-refractivity contribution < 1.29 is 14.1 Å². The molecule has 8 heteroatoms. The van der Waals surface area contributed by atoms with Crippen molar-refractivity contribution in [1.29, 1.82) is 0 Å². The summed E-state index contributed by atoms with van der Waals surface area (Å²) in [7, 11) is 1.46. The molecule has 3 rings (SSSR count). The quantitative estimate of drug-likeness (QED) is 0.759. The minimum Gasteiger partial charge on any atom is -0.375 e. The topological polar surface area (TPSA) is 77.2 Å². The third-order valence-electron chi connectivity index (χ3n) is 2.94. The fraction of sp³-hybridized carbons (Fsp3) is 0.133. The zero-order valence-electron chi connectivity index (χ0n) is 12.1. The molecule has 1 N–H and O–H groups in total. The van der Waals surface area contributed by atoms with Crippen LogP contribution < -0.4 is 5.32 Å². The lowest BCUT2D eigenvalue weighted by Gasteiger charge is -2.03. The number of nitrogens with one attached hydrogen (secondary N) is 1. The van der Waals surface area contributed by atoms with Crippen LogP contribution in [0.1, 0.15) is 0 Å². The van der Waals surface area contributed by atoms with Crippen LogP contribution in [0.3, 0.4) is 0 Å². The summed E-state index contributed by atoms with van der Waals surface area (Å²) >= 11 is 7.27. The van der Waals surface area contributed by atoms with Gasteiger partial charge in [-0.05, 0) is 35.7 Å². The highest BCUT2D eigenvalue weighted by Crippen LogP contribution is 2.33. The number of hydrogen-bond acceptors (Lipinski definition) is 6. The average Bonchev–Trinajstić information content (AvgIpc) is 3.17. The van der Waals surface area contributed by atoms with Gasteiger partial charge in [-0.2, -0.15) is 4.98 Å². The summed E-state index contributed by atoms with van der Waals surface area (Å²) in [5.74, 6) is 0.557. The Kier molecular flexibility index (Phi) is 4.71. The third-order valence-corrected chi connectivity index (χ3v) is 4.09. The molecule has 0 atom stereocenters. The summed E-state index contributed by atoms with van der Waals surface area (Å²) in [6, 6.07) is 8.92. The molecule has 1 aromatic carbocycles. The maximum atomic E-state index is 11.6. The number of benzene rings is 1. The van der Waals surface area contributed by atoms with Gasteiger partial charge in [0.05, 0.1) is 5.69 Å². The zero-order valence-corrected chi connectivity index (χ0v) is 13.6. The summed E-state index contributed by atoms with van der Waals surface area (Å²) < 4.78 is 10.1. The van der Waals surface area contributed by atoms with Gasteiger partial charge in [0, 0.05) is 17.7 Å². The van der Waals surface area contributed by atoms with E-state index < -0.39 is 0 Å². The van der Waals surface area contributed by atoms with E-state index in [4.69, 9.17) is 20.9 Å². The van der Waals surface area contributed by atoms with E-state index in [1.54, 1.807) is 18.2 Å². The first-order valence-corrected chi connectivity index (χ1v) is 7.89. The molecular weight excluding hydrogens is 338 g/mol. The first kappa shape index (κ1) is 15.7. The van der Waals surface area contributed by atoms with Crippen molar-refractivity contribution in [3.8, 4) is 22.2 Å². The number of rotatable bonds is 5. The molecule has 0 aliphatic heterocycles. The van der Waals surface area contributed by atoms with Crippen LogP contribution in [0.25, 0.3) is 22.2 Å². The van der Waals surface area contributed by atoms with Crippen molar-refractivity contribution in [3.63, 3.8) is 0 Å². The Bertz CT molecular complexity index is 813. The van der Waals surface area contributed by atoms with Crippen LogP contribution in [0.4, 0.5) is 5.69 Å². The van der Waals surface area contributed by atoms with Crippen molar-refractivity contribution >= 4 is 34.5 Å². The monoisotopic (exact) mass is 349 g/mol. The molecule has 118 valence electrons. The molecule has 0 unspecified atom stereocenters. The molecule has 0 radical (unpaired) electrons. The lowest BCUT2D eigenvalue weighted by molar-refractivity contribution is -0.119. The Morgan fingerprint density at radius 3 is 2.87 bits per heavy atom. The van der Waals surface area contributed by atoms with Gasteiger partial charge >= 0.3 is 0 Å². The zero-order chi connectivity index (χ0) is 16.2. The van der Waals surface area contributed by atoms with Crippen LogP contribution in [0.15, 0.2) is 40.2 Å². The maximum absolute atomic E-state index is 11.6. The Hall–Kier alpha value is -2.22. The van der Waals surface area contributed by atoms with E-state index in [0.29, 0.717) is 27.3 Å². The molecule has 0 spiro atoms. The van der Waals surface area contributed by atoms with E-state index in [2.05, 4.69) is 15.5 Å². The molecule has 1 amide bonds. The lowest BCUT2D eigenvalue weighted by atomic mass is 10.2. The standard InChI is InChI=1S/C15H12ClN3O3S/c1-21-8-12(20)17-11-6-7-23-13(11)15-18-14(19-22-15)9-2-4-10(16)5-3-9/h2-7H,8H2,1H3,(H,17,20). The molecule has 2 aromatic heterocycles. The van der Waals surface area contributed by atoms with Crippen LogP contribution in [0.5, 0.6) is 0 Å². The molecular formula is C15H12ClN3O3S. The van der Waals surface area contributed by atoms with E-state index in [9.17, 15) is 4.79 Å². The molecule has 2 heterocycles. The Labute approximate surface area is 141 Å². The highest BCUT2D eigenvalue weighted by Gasteiger charge is 2.17. The summed E-state index contributed by atoms with van der Waals surface area (Å²) in [5, 5.41) is 9.19. The van der Waals surface area contributed by atoms with Gasteiger partial charge in [-0.3, -0.25) is 4.79 Å². The molecule has 23 heavy (non-hydrogen) atoms. The lowest BCUT2D eigenvalue weighted by Crippen LogP contribution is -2.17. The smallest absolute Gasteiger partial charge is 0.270 e. The Morgan fingerprint density at radius 2 is 2.13 bits per heavy atom.